The molecule has 0 aromatic carbocycles. The summed E-state index contributed by atoms with van der Waals surface area (Å²) in [5.74, 6) is 0.00752. The summed E-state index contributed by atoms with van der Waals surface area (Å²) >= 11 is 6.61. The molecule has 1 aliphatic heterocycles. The van der Waals surface area contributed by atoms with Gasteiger partial charge in [0.1, 0.15) is 0 Å². The van der Waals surface area contributed by atoms with Gasteiger partial charge in [-0.1, -0.05) is 6.07 Å². The van der Waals surface area contributed by atoms with E-state index in [9.17, 15) is 4.79 Å². The average molecular weight is 386 g/mol. The molecule has 0 spiro atoms. The van der Waals surface area contributed by atoms with Crippen molar-refractivity contribution in [2.24, 2.45) is 0 Å². The molecule has 3 nitrogen and oxygen atoms in total. The van der Waals surface area contributed by atoms with Crippen molar-refractivity contribution in [1.82, 2.24) is 5.32 Å². The molecule has 21 heavy (non-hydrogen) atoms. The van der Waals surface area contributed by atoms with E-state index < -0.39 is 0 Å². The molecular weight excluding hydrogens is 370 g/mol. The number of hydrogen-bond acceptors (Lipinski definition) is 4. The lowest BCUT2D eigenvalue weighted by Crippen LogP contribution is -2.44. The van der Waals surface area contributed by atoms with E-state index in [1.54, 1.807) is 11.3 Å². The number of ether oxygens (including phenoxy) is 1. The summed E-state index contributed by atoms with van der Waals surface area (Å²) in [6, 6.07) is 6.11. The number of halogens is 1. The Morgan fingerprint density at radius 3 is 2.81 bits per heavy atom. The van der Waals surface area contributed by atoms with Crippen molar-refractivity contribution in [1.29, 1.82) is 0 Å². The van der Waals surface area contributed by atoms with Crippen molar-refractivity contribution in [2.45, 2.75) is 18.3 Å². The van der Waals surface area contributed by atoms with Crippen molar-refractivity contribution in [3.8, 4) is 0 Å². The third kappa shape index (κ3) is 3.39. The lowest BCUT2D eigenvalue weighted by atomic mass is 9.78. The van der Waals surface area contributed by atoms with Gasteiger partial charge in [-0.15, -0.1) is 22.7 Å². The van der Waals surface area contributed by atoms with Gasteiger partial charge < -0.3 is 10.1 Å². The molecule has 3 heterocycles. The van der Waals surface area contributed by atoms with Crippen molar-refractivity contribution in [2.75, 3.05) is 19.8 Å². The van der Waals surface area contributed by atoms with Crippen molar-refractivity contribution < 1.29 is 9.53 Å². The number of thiophene rings is 2. The normalized spacial score (nSPS) is 17.6. The van der Waals surface area contributed by atoms with Gasteiger partial charge in [-0.3, -0.25) is 4.79 Å². The first-order chi connectivity index (χ1) is 10.2. The Balaban J connectivity index is 1.72. The highest BCUT2D eigenvalue weighted by Crippen LogP contribution is 2.37. The van der Waals surface area contributed by atoms with E-state index in [1.165, 1.54) is 16.2 Å². The first-order valence-electron chi connectivity index (χ1n) is 6.84. The Morgan fingerprint density at radius 1 is 1.38 bits per heavy atom. The van der Waals surface area contributed by atoms with Crippen LogP contribution in [0.2, 0.25) is 0 Å². The molecule has 1 fully saturated rings. The second-order valence-electron chi connectivity index (χ2n) is 5.18. The Morgan fingerprint density at radius 2 is 2.19 bits per heavy atom. The maximum atomic E-state index is 12.3. The average Bonchev–Trinajstić information content (AvgIpc) is 3.17. The summed E-state index contributed by atoms with van der Waals surface area (Å²) in [7, 11) is 0. The van der Waals surface area contributed by atoms with Crippen molar-refractivity contribution >= 4 is 44.5 Å². The fourth-order valence-electron chi connectivity index (χ4n) is 2.62. The van der Waals surface area contributed by atoms with Crippen LogP contribution in [0.4, 0.5) is 0 Å². The standard InChI is InChI=1S/C15H16BrNO2S2/c16-11-8-12(21-9-11)14(18)17-10-15(3-5-19-6-4-15)13-2-1-7-20-13/h1-2,7-9H,3-6,10H2,(H,17,18). The van der Waals surface area contributed by atoms with Gasteiger partial charge in [0.05, 0.1) is 4.88 Å². The van der Waals surface area contributed by atoms with Crippen LogP contribution >= 0.6 is 38.6 Å². The highest BCUT2D eigenvalue weighted by molar-refractivity contribution is 9.10. The molecule has 112 valence electrons. The van der Waals surface area contributed by atoms with E-state index >= 15 is 0 Å². The summed E-state index contributed by atoms with van der Waals surface area (Å²) in [6.07, 6.45) is 1.92. The maximum Gasteiger partial charge on any atom is 0.261 e. The van der Waals surface area contributed by atoms with E-state index in [2.05, 4.69) is 38.8 Å². The second kappa shape index (κ2) is 6.60. The van der Waals surface area contributed by atoms with Crippen molar-refractivity contribution in [3.05, 3.63) is 43.2 Å². The van der Waals surface area contributed by atoms with Crippen LogP contribution in [0.5, 0.6) is 0 Å². The zero-order valence-electron chi connectivity index (χ0n) is 11.4. The molecule has 0 unspecified atom stereocenters. The third-order valence-corrected chi connectivity index (χ3v) is 6.68. The van der Waals surface area contributed by atoms with Crippen LogP contribution in [0.15, 0.2) is 33.4 Å². The minimum Gasteiger partial charge on any atom is -0.381 e. The highest BCUT2D eigenvalue weighted by Gasteiger charge is 2.35. The first-order valence-corrected chi connectivity index (χ1v) is 9.39. The predicted octanol–water partition coefficient (Wildman–Crippen LogP) is 4.05. The highest BCUT2D eigenvalue weighted by atomic mass is 79.9. The SMILES string of the molecule is O=C(NCC1(c2cccs2)CCOCC1)c1cc(Br)cs1. The van der Waals surface area contributed by atoms with Gasteiger partial charge in [0.2, 0.25) is 0 Å². The molecule has 6 heteroatoms. The van der Waals surface area contributed by atoms with Crippen LogP contribution in [0, 0.1) is 0 Å². The fourth-order valence-corrected chi connectivity index (χ4v) is 4.95. The van der Waals surface area contributed by atoms with E-state index in [4.69, 9.17) is 4.74 Å². The number of hydrogen-bond donors (Lipinski definition) is 1. The Hall–Kier alpha value is -0.690. The summed E-state index contributed by atoms with van der Waals surface area (Å²) in [4.78, 5) is 14.4. The fraction of sp³-hybridized carbons (Fsp3) is 0.400. The molecule has 3 rings (SSSR count). The molecule has 0 aliphatic carbocycles. The molecule has 1 amide bonds. The van der Waals surface area contributed by atoms with Gasteiger partial charge in [0.25, 0.3) is 5.91 Å². The van der Waals surface area contributed by atoms with Gasteiger partial charge in [-0.2, -0.15) is 0 Å². The molecule has 2 aromatic heterocycles. The third-order valence-electron chi connectivity index (χ3n) is 3.87. The monoisotopic (exact) mass is 385 g/mol. The lowest BCUT2D eigenvalue weighted by Gasteiger charge is -2.36. The van der Waals surface area contributed by atoms with E-state index in [1.807, 2.05) is 11.4 Å². The van der Waals surface area contributed by atoms with E-state index in [0.717, 1.165) is 35.4 Å². The topological polar surface area (TPSA) is 38.3 Å². The van der Waals surface area contributed by atoms with Crippen molar-refractivity contribution in [3.63, 3.8) is 0 Å². The van der Waals surface area contributed by atoms with Gasteiger partial charge in [-0.05, 0) is 46.3 Å². The van der Waals surface area contributed by atoms with Gasteiger partial charge in [0.15, 0.2) is 0 Å². The first kappa shape index (κ1) is 15.2. The zero-order chi connectivity index (χ0) is 14.7. The van der Waals surface area contributed by atoms with Crippen LogP contribution in [0.25, 0.3) is 0 Å². The van der Waals surface area contributed by atoms with Crippen LogP contribution < -0.4 is 5.32 Å². The number of carbonyl (C=O) groups excluding carboxylic acids is 1. The quantitative estimate of drug-likeness (QED) is 0.861. The molecule has 1 aliphatic rings. The molecule has 0 atom stereocenters. The number of amides is 1. The molecule has 2 aromatic rings. The van der Waals surface area contributed by atoms with Crippen LogP contribution in [0.3, 0.4) is 0 Å². The number of rotatable bonds is 4. The molecule has 1 saturated heterocycles. The Kier molecular flexibility index (Phi) is 4.78. The minimum atomic E-state index is 0.00752. The van der Waals surface area contributed by atoms with Gasteiger partial charge in [-0.25, -0.2) is 0 Å². The van der Waals surface area contributed by atoms with Crippen LogP contribution in [0.1, 0.15) is 27.4 Å². The summed E-state index contributed by atoms with van der Waals surface area (Å²) in [6.45, 7) is 2.20. The van der Waals surface area contributed by atoms with E-state index in [-0.39, 0.29) is 11.3 Å². The minimum absolute atomic E-state index is 0.00752. The second-order valence-corrected chi connectivity index (χ2v) is 7.96. The maximum absolute atomic E-state index is 12.3. The molecule has 0 radical (unpaired) electrons. The summed E-state index contributed by atoms with van der Waals surface area (Å²) < 4.78 is 6.46. The number of carbonyl (C=O) groups is 1. The molecular formula is C15H16BrNO2S2. The molecule has 1 N–H and O–H groups in total. The van der Waals surface area contributed by atoms with Gasteiger partial charge >= 0.3 is 0 Å². The molecule has 0 bridgehead atoms. The largest absolute Gasteiger partial charge is 0.381 e. The zero-order valence-corrected chi connectivity index (χ0v) is 14.7. The Bertz CT molecular complexity index is 603. The van der Waals surface area contributed by atoms with Crippen LogP contribution in [-0.2, 0) is 10.2 Å². The number of nitrogens with one attached hydrogen (secondary N) is 1. The summed E-state index contributed by atoms with van der Waals surface area (Å²) in [5.41, 5.74) is 0.0244. The summed E-state index contributed by atoms with van der Waals surface area (Å²) in [5, 5.41) is 7.14. The predicted molar refractivity (Wildman–Crippen MR) is 90.4 cm³/mol. The van der Waals surface area contributed by atoms with Gasteiger partial charge in [0, 0.05) is 39.9 Å². The molecule has 0 saturated carbocycles. The van der Waals surface area contributed by atoms with E-state index in [0.29, 0.717) is 6.54 Å². The van der Waals surface area contributed by atoms with Crippen LogP contribution in [-0.4, -0.2) is 25.7 Å². The Labute approximate surface area is 140 Å². The lowest BCUT2D eigenvalue weighted by molar-refractivity contribution is 0.0499. The smallest absolute Gasteiger partial charge is 0.261 e.